The highest BCUT2D eigenvalue weighted by atomic mass is 32.2. The van der Waals surface area contributed by atoms with Crippen LogP contribution in [-0.4, -0.2) is 35.4 Å². The van der Waals surface area contributed by atoms with E-state index in [2.05, 4.69) is 10.6 Å². The molecule has 0 spiro atoms. The van der Waals surface area contributed by atoms with Gasteiger partial charge in [-0.2, -0.15) is 11.8 Å². The molecule has 2 amide bonds. The number of thioether (sulfide) groups is 1. The fraction of sp³-hybridized carbons (Fsp3) is 0.889. The number of hydrogen-bond donors (Lipinski definition) is 2. The highest BCUT2D eigenvalue weighted by Crippen LogP contribution is 2.18. The van der Waals surface area contributed by atoms with Crippen molar-refractivity contribution >= 4 is 23.6 Å². The zero-order valence-corrected chi connectivity index (χ0v) is 15.1. The predicted molar refractivity (Wildman–Crippen MR) is 96.6 cm³/mol. The average molecular weight is 341 g/mol. The van der Waals surface area contributed by atoms with E-state index in [1.165, 1.54) is 38.5 Å². The zero-order valence-electron chi connectivity index (χ0n) is 14.3. The second-order valence-corrected chi connectivity index (χ2v) is 8.14. The molecule has 0 aromatic rings. The third-order valence-electron chi connectivity index (χ3n) is 4.89. The Morgan fingerprint density at radius 3 is 1.48 bits per heavy atom. The van der Waals surface area contributed by atoms with Crippen LogP contribution in [0.3, 0.4) is 0 Å². The molecule has 132 valence electrons. The number of carbonyl (C=O) groups is 2. The summed E-state index contributed by atoms with van der Waals surface area (Å²) < 4.78 is 0. The smallest absolute Gasteiger partial charge is 0.221 e. The molecule has 5 heteroatoms. The topological polar surface area (TPSA) is 58.2 Å². The Kier molecular flexibility index (Phi) is 8.87. The van der Waals surface area contributed by atoms with Crippen molar-refractivity contribution in [2.75, 3.05) is 11.5 Å². The summed E-state index contributed by atoms with van der Waals surface area (Å²) in [6.07, 6.45) is 13.3. The second kappa shape index (κ2) is 11.0. The number of nitrogens with one attached hydrogen (secondary N) is 2. The van der Waals surface area contributed by atoms with Gasteiger partial charge in [0.15, 0.2) is 0 Å². The minimum atomic E-state index is 0.177. The summed E-state index contributed by atoms with van der Waals surface area (Å²) in [5, 5.41) is 6.28. The van der Waals surface area contributed by atoms with Gasteiger partial charge in [-0.3, -0.25) is 9.59 Å². The first-order valence-electron chi connectivity index (χ1n) is 9.40. The molecule has 2 aliphatic rings. The monoisotopic (exact) mass is 340 g/mol. The summed E-state index contributed by atoms with van der Waals surface area (Å²) in [7, 11) is 0. The summed E-state index contributed by atoms with van der Waals surface area (Å²) in [5.74, 6) is 1.98. The van der Waals surface area contributed by atoms with Gasteiger partial charge in [0.05, 0.1) is 0 Å². The average Bonchev–Trinajstić information content (AvgIpc) is 2.56. The van der Waals surface area contributed by atoms with Crippen molar-refractivity contribution < 1.29 is 9.59 Å². The fourth-order valence-electron chi connectivity index (χ4n) is 3.53. The molecule has 2 N–H and O–H groups in total. The van der Waals surface area contributed by atoms with E-state index in [1.54, 1.807) is 11.8 Å². The molecule has 2 fully saturated rings. The third-order valence-corrected chi connectivity index (χ3v) is 5.87. The Labute approximate surface area is 144 Å². The predicted octanol–water partition coefficient (Wildman–Crippen LogP) is 3.40. The van der Waals surface area contributed by atoms with Gasteiger partial charge >= 0.3 is 0 Å². The van der Waals surface area contributed by atoms with Crippen LogP contribution in [-0.2, 0) is 9.59 Å². The largest absolute Gasteiger partial charge is 0.353 e. The van der Waals surface area contributed by atoms with Crippen LogP contribution in [0.15, 0.2) is 0 Å². The first kappa shape index (κ1) is 18.6. The van der Waals surface area contributed by atoms with Gasteiger partial charge in [-0.05, 0) is 25.7 Å². The van der Waals surface area contributed by atoms with Gasteiger partial charge < -0.3 is 10.6 Å². The van der Waals surface area contributed by atoms with Crippen LogP contribution in [0.1, 0.15) is 77.0 Å². The molecular formula is C18H32N2O2S. The number of rotatable bonds is 8. The van der Waals surface area contributed by atoms with Gasteiger partial charge in [0.25, 0.3) is 0 Å². The van der Waals surface area contributed by atoms with Gasteiger partial charge in [0.1, 0.15) is 0 Å². The SMILES string of the molecule is O=C(CCSCCC(=O)NC1CCCCC1)NC1CCCCC1. The number of carbonyl (C=O) groups excluding carboxylic acids is 2. The van der Waals surface area contributed by atoms with Crippen molar-refractivity contribution in [2.45, 2.75) is 89.1 Å². The van der Waals surface area contributed by atoms with E-state index in [-0.39, 0.29) is 11.8 Å². The first-order valence-corrected chi connectivity index (χ1v) is 10.6. The Hall–Kier alpha value is -0.710. The Balaban J connectivity index is 1.45. The van der Waals surface area contributed by atoms with Crippen molar-refractivity contribution in [1.82, 2.24) is 10.6 Å². The number of hydrogen-bond acceptors (Lipinski definition) is 3. The summed E-state index contributed by atoms with van der Waals surface area (Å²) in [5.41, 5.74) is 0. The molecule has 0 saturated heterocycles. The molecule has 0 aromatic heterocycles. The molecule has 0 heterocycles. The lowest BCUT2D eigenvalue weighted by molar-refractivity contribution is -0.122. The van der Waals surface area contributed by atoms with E-state index < -0.39 is 0 Å². The Morgan fingerprint density at radius 1 is 0.696 bits per heavy atom. The Bertz CT molecular complexity index is 330. The highest BCUT2D eigenvalue weighted by molar-refractivity contribution is 7.99. The molecule has 0 radical (unpaired) electrons. The van der Waals surface area contributed by atoms with Gasteiger partial charge in [-0.25, -0.2) is 0 Å². The van der Waals surface area contributed by atoms with Crippen LogP contribution in [0.2, 0.25) is 0 Å². The summed E-state index contributed by atoms with van der Waals surface area (Å²) in [6, 6.07) is 0.810. The van der Waals surface area contributed by atoms with Gasteiger partial charge in [0.2, 0.25) is 11.8 Å². The fourth-order valence-corrected chi connectivity index (χ4v) is 4.39. The molecule has 0 bridgehead atoms. The maximum atomic E-state index is 11.9. The van der Waals surface area contributed by atoms with Crippen LogP contribution in [0.25, 0.3) is 0 Å². The molecule has 0 unspecified atom stereocenters. The highest BCUT2D eigenvalue weighted by Gasteiger charge is 2.16. The van der Waals surface area contributed by atoms with E-state index in [1.807, 2.05) is 0 Å². The van der Waals surface area contributed by atoms with E-state index in [0.717, 1.165) is 37.2 Å². The first-order chi connectivity index (χ1) is 11.2. The maximum Gasteiger partial charge on any atom is 0.221 e. The van der Waals surface area contributed by atoms with Gasteiger partial charge in [0, 0.05) is 36.4 Å². The van der Waals surface area contributed by atoms with E-state index in [9.17, 15) is 9.59 Å². The minimum Gasteiger partial charge on any atom is -0.353 e. The maximum absolute atomic E-state index is 11.9. The second-order valence-electron chi connectivity index (χ2n) is 6.92. The summed E-state index contributed by atoms with van der Waals surface area (Å²) in [6.45, 7) is 0. The standard InChI is InChI=1S/C18H32N2O2S/c21-17(19-15-7-3-1-4-8-15)11-13-23-14-12-18(22)20-16-9-5-2-6-10-16/h15-16H,1-14H2,(H,19,21)(H,20,22). The molecular weight excluding hydrogens is 308 g/mol. The third kappa shape index (κ3) is 8.09. The molecule has 4 nitrogen and oxygen atoms in total. The minimum absolute atomic E-state index is 0.177. The quantitative estimate of drug-likeness (QED) is 0.666. The summed E-state index contributed by atoms with van der Waals surface area (Å²) >= 11 is 1.71. The van der Waals surface area contributed by atoms with Crippen LogP contribution in [0.5, 0.6) is 0 Å². The molecule has 2 aliphatic carbocycles. The van der Waals surface area contributed by atoms with E-state index >= 15 is 0 Å². The summed E-state index contributed by atoms with van der Waals surface area (Å²) in [4.78, 5) is 23.7. The molecule has 0 aliphatic heterocycles. The van der Waals surface area contributed by atoms with Crippen molar-refractivity contribution in [1.29, 1.82) is 0 Å². The van der Waals surface area contributed by atoms with Crippen LogP contribution in [0, 0.1) is 0 Å². The molecule has 2 rings (SSSR count). The van der Waals surface area contributed by atoms with Crippen LogP contribution >= 0.6 is 11.8 Å². The van der Waals surface area contributed by atoms with Gasteiger partial charge in [-0.1, -0.05) is 38.5 Å². The van der Waals surface area contributed by atoms with Crippen LogP contribution in [0.4, 0.5) is 0 Å². The van der Waals surface area contributed by atoms with Crippen molar-refractivity contribution in [2.24, 2.45) is 0 Å². The van der Waals surface area contributed by atoms with Crippen molar-refractivity contribution in [3.63, 3.8) is 0 Å². The normalized spacial score (nSPS) is 20.2. The molecule has 0 atom stereocenters. The Morgan fingerprint density at radius 2 is 1.09 bits per heavy atom. The van der Waals surface area contributed by atoms with Crippen molar-refractivity contribution in [3.8, 4) is 0 Å². The number of amides is 2. The lowest BCUT2D eigenvalue weighted by atomic mass is 9.95. The van der Waals surface area contributed by atoms with Crippen LogP contribution < -0.4 is 10.6 Å². The van der Waals surface area contributed by atoms with E-state index in [4.69, 9.17) is 0 Å². The molecule has 0 aromatic carbocycles. The molecule has 2 saturated carbocycles. The van der Waals surface area contributed by atoms with Gasteiger partial charge in [-0.15, -0.1) is 0 Å². The van der Waals surface area contributed by atoms with Crippen molar-refractivity contribution in [3.05, 3.63) is 0 Å². The molecule has 23 heavy (non-hydrogen) atoms. The lowest BCUT2D eigenvalue weighted by Gasteiger charge is -2.23. The lowest BCUT2D eigenvalue weighted by Crippen LogP contribution is -2.36. The van der Waals surface area contributed by atoms with E-state index in [0.29, 0.717) is 24.9 Å². The zero-order chi connectivity index (χ0) is 16.3.